The number of hydrogen-bond acceptors (Lipinski definition) is 11. The Morgan fingerprint density at radius 3 is 1.83 bits per heavy atom. The predicted octanol–water partition coefficient (Wildman–Crippen LogP) is 5.64. The topological polar surface area (TPSA) is 144 Å². The van der Waals surface area contributed by atoms with Crippen LogP contribution >= 0.6 is 11.8 Å². The molecule has 232 valence electrons. The standard InChI is InChI=1S/C30H41NO10S/c1-30(2,42-29(36)41-20-39-26(33)23-16-10-5-11-17-23)24(27(34)37-18-21-12-6-3-7-13-21)31-28(35)40-19-38-25(32)22-14-8-4-9-15-22/h3,6-7,12-13,22-24H,4-5,8-11,14-20H2,1-2H3,(H,31,35)/t24-/m0/s1. The van der Waals surface area contributed by atoms with Crippen molar-refractivity contribution in [1.29, 1.82) is 0 Å². The molecule has 0 unspecified atom stereocenters. The van der Waals surface area contributed by atoms with E-state index in [0.717, 1.165) is 69.8 Å². The normalized spacial score (nSPS) is 16.9. The molecule has 12 heteroatoms. The van der Waals surface area contributed by atoms with Crippen LogP contribution in [0.4, 0.5) is 9.59 Å². The Hall–Kier alpha value is -3.28. The van der Waals surface area contributed by atoms with E-state index in [1.165, 1.54) is 0 Å². The lowest BCUT2D eigenvalue weighted by Gasteiger charge is -2.31. The van der Waals surface area contributed by atoms with Crippen molar-refractivity contribution in [3.05, 3.63) is 35.9 Å². The third kappa shape index (κ3) is 11.2. The molecule has 42 heavy (non-hydrogen) atoms. The number of carbonyl (C=O) groups excluding carboxylic acids is 5. The van der Waals surface area contributed by atoms with Gasteiger partial charge in [0.2, 0.25) is 13.6 Å². The van der Waals surface area contributed by atoms with Gasteiger partial charge in [0, 0.05) is 0 Å². The fraction of sp³-hybridized carbons (Fsp3) is 0.633. The zero-order valence-corrected chi connectivity index (χ0v) is 25.1. The van der Waals surface area contributed by atoms with Gasteiger partial charge in [-0.25, -0.2) is 14.4 Å². The first-order chi connectivity index (χ1) is 20.2. The van der Waals surface area contributed by atoms with Crippen molar-refractivity contribution in [3.63, 3.8) is 0 Å². The van der Waals surface area contributed by atoms with Gasteiger partial charge in [-0.1, -0.05) is 68.9 Å². The minimum atomic E-state index is -1.36. The average molecular weight is 608 g/mol. The van der Waals surface area contributed by atoms with Crippen molar-refractivity contribution in [1.82, 2.24) is 5.32 Å². The molecule has 3 rings (SSSR count). The molecule has 1 aromatic rings. The molecule has 0 saturated heterocycles. The number of benzene rings is 1. The van der Waals surface area contributed by atoms with Crippen LogP contribution in [-0.4, -0.2) is 53.7 Å². The fourth-order valence-corrected chi connectivity index (χ4v) is 5.79. The monoisotopic (exact) mass is 607 g/mol. The number of amides is 1. The molecule has 1 amide bonds. The largest absolute Gasteiger partial charge is 0.459 e. The Labute approximate surface area is 250 Å². The number of alkyl carbamates (subject to hydrolysis) is 1. The number of carbonyl (C=O) groups is 5. The summed E-state index contributed by atoms with van der Waals surface area (Å²) >= 11 is 0.628. The van der Waals surface area contributed by atoms with Crippen LogP contribution < -0.4 is 5.32 Å². The molecule has 0 heterocycles. The molecule has 2 aliphatic rings. The number of rotatable bonds is 12. The molecule has 2 aliphatic carbocycles. The summed E-state index contributed by atoms with van der Waals surface area (Å²) in [4.78, 5) is 62.8. The van der Waals surface area contributed by atoms with Crippen LogP contribution in [0.15, 0.2) is 30.3 Å². The van der Waals surface area contributed by atoms with Crippen LogP contribution in [0.1, 0.15) is 83.6 Å². The van der Waals surface area contributed by atoms with Crippen molar-refractivity contribution in [2.75, 3.05) is 13.6 Å². The Bertz CT molecular complexity index is 1050. The molecule has 0 aliphatic heterocycles. The molecule has 1 aromatic carbocycles. The predicted molar refractivity (Wildman–Crippen MR) is 153 cm³/mol. The second-order valence-electron chi connectivity index (χ2n) is 11.0. The summed E-state index contributed by atoms with van der Waals surface area (Å²) in [5.41, 5.74) is 0.728. The van der Waals surface area contributed by atoms with E-state index in [2.05, 4.69) is 5.32 Å². The van der Waals surface area contributed by atoms with Gasteiger partial charge in [-0.3, -0.25) is 9.59 Å². The zero-order chi connectivity index (χ0) is 30.4. The highest BCUT2D eigenvalue weighted by Gasteiger charge is 2.41. The minimum absolute atomic E-state index is 0.0613. The maximum atomic E-state index is 13.1. The quantitative estimate of drug-likeness (QED) is 0.179. The Morgan fingerprint density at radius 2 is 1.29 bits per heavy atom. The van der Waals surface area contributed by atoms with E-state index in [1.807, 2.05) is 6.07 Å². The molecule has 0 aromatic heterocycles. The highest BCUT2D eigenvalue weighted by atomic mass is 32.2. The van der Waals surface area contributed by atoms with E-state index in [0.29, 0.717) is 11.8 Å². The van der Waals surface area contributed by atoms with Gasteiger partial charge in [0.15, 0.2) is 0 Å². The van der Waals surface area contributed by atoms with E-state index in [1.54, 1.807) is 38.1 Å². The first kappa shape index (κ1) is 33.2. The van der Waals surface area contributed by atoms with Crippen LogP contribution in [0.5, 0.6) is 0 Å². The van der Waals surface area contributed by atoms with Crippen molar-refractivity contribution in [2.45, 2.75) is 95.5 Å². The van der Waals surface area contributed by atoms with Crippen LogP contribution in [0.2, 0.25) is 0 Å². The van der Waals surface area contributed by atoms with Gasteiger partial charge >= 0.3 is 29.3 Å². The van der Waals surface area contributed by atoms with Crippen molar-refractivity contribution in [3.8, 4) is 0 Å². The maximum absolute atomic E-state index is 13.1. The molecule has 11 nitrogen and oxygen atoms in total. The number of esters is 3. The van der Waals surface area contributed by atoms with E-state index < -0.39 is 53.7 Å². The zero-order valence-electron chi connectivity index (χ0n) is 24.3. The molecule has 0 spiro atoms. The molecular formula is C30H41NO10S. The molecule has 1 atom stereocenters. The second-order valence-corrected chi connectivity index (χ2v) is 12.6. The van der Waals surface area contributed by atoms with Gasteiger partial charge in [-0.05, 0) is 56.9 Å². The van der Waals surface area contributed by atoms with Crippen LogP contribution in [-0.2, 0) is 44.7 Å². The molecule has 0 bridgehead atoms. The van der Waals surface area contributed by atoms with E-state index in [9.17, 15) is 24.0 Å². The number of hydrogen-bond donors (Lipinski definition) is 1. The highest BCUT2D eigenvalue weighted by molar-refractivity contribution is 8.14. The Morgan fingerprint density at radius 1 is 0.762 bits per heavy atom. The van der Waals surface area contributed by atoms with Crippen molar-refractivity contribution < 1.29 is 47.7 Å². The smallest absolute Gasteiger partial charge is 0.410 e. The van der Waals surface area contributed by atoms with Gasteiger partial charge < -0.3 is 29.0 Å². The van der Waals surface area contributed by atoms with Gasteiger partial charge in [-0.2, -0.15) is 0 Å². The first-order valence-electron chi connectivity index (χ1n) is 14.5. The third-order valence-corrected chi connectivity index (χ3v) is 8.46. The lowest BCUT2D eigenvalue weighted by molar-refractivity contribution is -0.159. The molecular weight excluding hydrogens is 566 g/mol. The summed E-state index contributed by atoms with van der Waals surface area (Å²) in [6, 6.07) is 7.60. The summed E-state index contributed by atoms with van der Waals surface area (Å²) in [5.74, 6) is -2.05. The third-order valence-electron chi connectivity index (χ3n) is 7.41. The summed E-state index contributed by atoms with van der Waals surface area (Å²) < 4.78 is 24.5. The molecule has 1 N–H and O–H groups in total. The van der Waals surface area contributed by atoms with Crippen molar-refractivity contribution >= 4 is 41.1 Å². The Kier molecular flexibility index (Phi) is 13.4. The minimum Gasteiger partial charge on any atom is -0.459 e. The molecule has 0 radical (unpaired) electrons. The van der Waals surface area contributed by atoms with Gasteiger partial charge in [0.1, 0.15) is 12.6 Å². The van der Waals surface area contributed by atoms with E-state index >= 15 is 0 Å². The number of thioether (sulfide) groups is 1. The lowest BCUT2D eigenvalue weighted by atomic mass is 9.89. The van der Waals surface area contributed by atoms with Gasteiger partial charge in [0.25, 0.3) is 0 Å². The Balaban J connectivity index is 1.54. The van der Waals surface area contributed by atoms with Crippen LogP contribution in [0, 0.1) is 11.8 Å². The summed E-state index contributed by atoms with van der Waals surface area (Å²) in [6.07, 6.45) is 7.95. The summed E-state index contributed by atoms with van der Waals surface area (Å²) in [6.45, 7) is 1.86. The fourth-order valence-electron chi connectivity index (χ4n) is 4.98. The maximum Gasteiger partial charge on any atom is 0.410 e. The highest BCUT2D eigenvalue weighted by Crippen LogP contribution is 2.31. The summed E-state index contributed by atoms with van der Waals surface area (Å²) in [7, 11) is 0. The lowest BCUT2D eigenvalue weighted by Crippen LogP contribution is -2.53. The molecule has 2 saturated carbocycles. The van der Waals surface area contributed by atoms with Gasteiger partial charge in [0.05, 0.1) is 16.6 Å². The number of ether oxygens (including phenoxy) is 5. The van der Waals surface area contributed by atoms with Gasteiger partial charge in [-0.15, -0.1) is 0 Å². The van der Waals surface area contributed by atoms with Crippen molar-refractivity contribution in [2.24, 2.45) is 11.8 Å². The van der Waals surface area contributed by atoms with Crippen LogP contribution in [0.25, 0.3) is 0 Å². The van der Waals surface area contributed by atoms with E-state index in [4.69, 9.17) is 23.7 Å². The first-order valence-corrected chi connectivity index (χ1v) is 15.3. The average Bonchev–Trinajstić information content (AvgIpc) is 2.99. The second kappa shape index (κ2) is 17.0. The SMILES string of the molecule is CC(C)(SC(=O)OCOC(=O)C1CCCCC1)[C@@H](NC(=O)OCOC(=O)C1CCCCC1)C(=O)OCc1ccccc1. The number of nitrogens with one attached hydrogen (secondary N) is 1. The summed E-state index contributed by atoms with van der Waals surface area (Å²) in [5, 5.41) is 1.62. The van der Waals surface area contributed by atoms with E-state index in [-0.39, 0.29) is 18.4 Å². The van der Waals surface area contributed by atoms with Crippen LogP contribution in [0.3, 0.4) is 0 Å². The molecule has 2 fully saturated rings.